The minimum absolute atomic E-state index is 0.456. The molecule has 0 saturated carbocycles. The van der Waals surface area contributed by atoms with E-state index >= 15 is 0 Å². The van der Waals surface area contributed by atoms with Crippen molar-refractivity contribution in [2.45, 2.75) is 13.3 Å². The van der Waals surface area contributed by atoms with E-state index in [1.54, 1.807) is 0 Å². The highest BCUT2D eigenvalue weighted by Crippen LogP contribution is 2.16. The molecule has 11 heavy (non-hydrogen) atoms. The van der Waals surface area contributed by atoms with Crippen molar-refractivity contribution in [2.75, 3.05) is 0 Å². The Morgan fingerprint density at radius 3 is 2.82 bits per heavy atom. The molecule has 0 atom stereocenters. The molecule has 1 aromatic rings. The lowest BCUT2D eigenvalue weighted by Gasteiger charge is -1.98. The van der Waals surface area contributed by atoms with Crippen molar-refractivity contribution in [2.24, 2.45) is 0 Å². The zero-order chi connectivity index (χ0) is 8.27. The Hall–Kier alpha value is -1.000. The second kappa shape index (κ2) is 3.41. The predicted octanol–water partition coefficient (Wildman–Crippen LogP) is 2.71. The molecule has 0 N–H and O–H groups in total. The second-order valence-corrected chi connectivity index (χ2v) is 2.83. The van der Waals surface area contributed by atoms with Crippen LogP contribution in [0.1, 0.15) is 11.1 Å². The molecule has 0 bridgehead atoms. The van der Waals surface area contributed by atoms with Crippen LogP contribution >= 0.6 is 11.6 Å². The standard InChI is InChI=1S/C9H8ClN/c1-7-6-8(4-5-11)2-3-9(7)10/h2-3,6H,4H2,1H3. The molecule has 0 unspecified atom stereocenters. The van der Waals surface area contributed by atoms with Gasteiger partial charge in [-0.3, -0.25) is 0 Å². The van der Waals surface area contributed by atoms with Gasteiger partial charge in [0, 0.05) is 5.02 Å². The summed E-state index contributed by atoms with van der Waals surface area (Å²) in [6.45, 7) is 1.93. The average Bonchev–Trinajstić information content (AvgIpc) is 1.98. The third-order valence-corrected chi connectivity index (χ3v) is 1.93. The van der Waals surface area contributed by atoms with Crippen molar-refractivity contribution >= 4 is 11.6 Å². The van der Waals surface area contributed by atoms with Crippen molar-refractivity contribution in [1.82, 2.24) is 0 Å². The summed E-state index contributed by atoms with van der Waals surface area (Å²) >= 11 is 5.80. The van der Waals surface area contributed by atoms with E-state index in [1.807, 2.05) is 25.1 Å². The number of rotatable bonds is 1. The van der Waals surface area contributed by atoms with Crippen molar-refractivity contribution < 1.29 is 0 Å². The zero-order valence-electron chi connectivity index (χ0n) is 6.26. The molecule has 0 fully saturated rings. The molecule has 1 aromatic carbocycles. The average molecular weight is 166 g/mol. The third-order valence-electron chi connectivity index (χ3n) is 1.51. The van der Waals surface area contributed by atoms with Gasteiger partial charge in [-0.15, -0.1) is 0 Å². The van der Waals surface area contributed by atoms with Gasteiger partial charge in [-0.2, -0.15) is 5.26 Å². The first kappa shape index (κ1) is 8.10. The molecule has 0 radical (unpaired) electrons. The maximum absolute atomic E-state index is 8.40. The Labute approximate surface area is 71.2 Å². The fourth-order valence-corrected chi connectivity index (χ4v) is 1.03. The fraction of sp³-hybridized carbons (Fsp3) is 0.222. The van der Waals surface area contributed by atoms with Crippen molar-refractivity contribution in [1.29, 1.82) is 5.26 Å². The van der Waals surface area contributed by atoms with Crippen LogP contribution in [0.15, 0.2) is 18.2 Å². The predicted molar refractivity (Wildman–Crippen MR) is 45.5 cm³/mol. The number of nitrogens with zero attached hydrogens (tertiary/aromatic N) is 1. The zero-order valence-corrected chi connectivity index (χ0v) is 7.02. The molecule has 0 aliphatic rings. The molecule has 0 aliphatic heterocycles. The van der Waals surface area contributed by atoms with Crippen LogP contribution in [0, 0.1) is 18.3 Å². The number of hydrogen-bond acceptors (Lipinski definition) is 1. The van der Waals surface area contributed by atoms with Gasteiger partial charge < -0.3 is 0 Å². The number of benzene rings is 1. The minimum Gasteiger partial charge on any atom is -0.198 e. The largest absolute Gasteiger partial charge is 0.198 e. The Balaban J connectivity index is 2.98. The summed E-state index contributed by atoms with van der Waals surface area (Å²) in [5.41, 5.74) is 2.05. The Bertz CT molecular complexity index is 299. The van der Waals surface area contributed by atoms with Crippen LogP contribution in [0.4, 0.5) is 0 Å². The first-order valence-electron chi connectivity index (χ1n) is 3.36. The van der Waals surface area contributed by atoms with E-state index in [1.165, 1.54) is 0 Å². The van der Waals surface area contributed by atoms with Gasteiger partial charge in [-0.1, -0.05) is 23.7 Å². The SMILES string of the molecule is Cc1cc(CC#N)ccc1Cl. The van der Waals surface area contributed by atoms with Crippen molar-refractivity contribution in [3.8, 4) is 6.07 Å². The maximum Gasteiger partial charge on any atom is 0.0669 e. The lowest BCUT2D eigenvalue weighted by molar-refractivity contribution is 1.24. The van der Waals surface area contributed by atoms with Crippen LogP contribution in [0.3, 0.4) is 0 Å². The second-order valence-electron chi connectivity index (χ2n) is 2.42. The Morgan fingerprint density at radius 1 is 1.55 bits per heavy atom. The first-order valence-corrected chi connectivity index (χ1v) is 3.74. The summed E-state index contributed by atoms with van der Waals surface area (Å²) in [6, 6.07) is 7.72. The Morgan fingerprint density at radius 2 is 2.27 bits per heavy atom. The van der Waals surface area contributed by atoms with E-state index in [2.05, 4.69) is 6.07 Å². The van der Waals surface area contributed by atoms with Crippen LogP contribution < -0.4 is 0 Å². The molecule has 0 saturated heterocycles. The van der Waals surface area contributed by atoms with Gasteiger partial charge in [0.05, 0.1) is 12.5 Å². The van der Waals surface area contributed by atoms with E-state index in [-0.39, 0.29) is 0 Å². The number of nitriles is 1. The maximum atomic E-state index is 8.40. The van der Waals surface area contributed by atoms with E-state index < -0.39 is 0 Å². The third kappa shape index (κ3) is 1.96. The highest BCUT2D eigenvalue weighted by atomic mass is 35.5. The number of halogens is 1. The first-order chi connectivity index (χ1) is 5.24. The van der Waals surface area contributed by atoms with Gasteiger partial charge in [0.15, 0.2) is 0 Å². The summed E-state index contributed by atoms with van der Waals surface area (Å²) < 4.78 is 0. The number of hydrogen-bond donors (Lipinski definition) is 0. The lowest BCUT2D eigenvalue weighted by Crippen LogP contribution is -1.82. The van der Waals surface area contributed by atoms with Gasteiger partial charge in [0.2, 0.25) is 0 Å². The van der Waals surface area contributed by atoms with E-state index in [0.29, 0.717) is 6.42 Å². The van der Waals surface area contributed by atoms with Crippen LogP contribution in [-0.2, 0) is 6.42 Å². The molecule has 2 heteroatoms. The minimum atomic E-state index is 0.456. The molecule has 1 rings (SSSR count). The molecule has 0 aliphatic carbocycles. The van der Waals surface area contributed by atoms with Gasteiger partial charge in [-0.25, -0.2) is 0 Å². The van der Waals surface area contributed by atoms with E-state index in [9.17, 15) is 0 Å². The highest BCUT2D eigenvalue weighted by molar-refractivity contribution is 6.31. The fourth-order valence-electron chi connectivity index (χ4n) is 0.908. The summed E-state index contributed by atoms with van der Waals surface area (Å²) in [5.74, 6) is 0. The van der Waals surface area contributed by atoms with Crippen molar-refractivity contribution in [3.63, 3.8) is 0 Å². The van der Waals surface area contributed by atoms with Crippen molar-refractivity contribution in [3.05, 3.63) is 34.3 Å². The van der Waals surface area contributed by atoms with E-state index in [4.69, 9.17) is 16.9 Å². The van der Waals surface area contributed by atoms with Crippen LogP contribution in [0.2, 0.25) is 5.02 Å². The molecule has 1 nitrogen and oxygen atoms in total. The summed E-state index contributed by atoms with van der Waals surface area (Å²) in [4.78, 5) is 0. The normalized spacial score (nSPS) is 9.18. The van der Waals surface area contributed by atoms with Gasteiger partial charge in [0.1, 0.15) is 0 Å². The van der Waals surface area contributed by atoms with Gasteiger partial charge >= 0.3 is 0 Å². The number of aryl methyl sites for hydroxylation is 1. The molecular weight excluding hydrogens is 158 g/mol. The van der Waals surface area contributed by atoms with Crippen LogP contribution in [0.5, 0.6) is 0 Å². The molecule has 0 heterocycles. The topological polar surface area (TPSA) is 23.8 Å². The Kier molecular flexibility index (Phi) is 2.51. The molecule has 0 spiro atoms. The van der Waals surface area contributed by atoms with Crippen LogP contribution in [0.25, 0.3) is 0 Å². The highest BCUT2D eigenvalue weighted by Gasteiger charge is 1.95. The van der Waals surface area contributed by atoms with E-state index in [0.717, 1.165) is 16.1 Å². The molecule has 56 valence electrons. The van der Waals surface area contributed by atoms with Crippen LogP contribution in [-0.4, -0.2) is 0 Å². The summed E-state index contributed by atoms with van der Waals surface area (Å²) in [7, 11) is 0. The van der Waals surface area contributed by atoms with Gasteiger partial charge in [0.25, 0.3) is 0 Å². The summed E-state index contributed by atoms with van der Waals surface area (Å²) in [6.07, 6.45) is 0.456. The van der Waals surface area contributed by atoms with Gasteiger partial charge in [-0.05, 0) is 24.1 Å². The molecule has 0 amide bonds. The molecule has 0 aromatic heterocycles. The quantitative estimate of drug-likeness (QED) is 0.628. The summed E-state index contributed by atoms with van der Waals surface area (Å²) in [5, 5.41) is 9.15. The lowest BCUT2D eigenvalue weighted by atomic mass is 10.1. The molecular formula is C9H8ClN. The monoisotopic (exact) mass is 165 g/mol. The smallest absolute Gasteiger partial charge is 0.0669 e.